The number of ether oxygens (including phenoxy) is 5. The third-order valence-corrected chi connectivity index (χ3v) is 14.0. The summed E-state index contributed by atoms with van der Waals surface area (Å²) in [6.45, 7) is 7.50. The largest absolute Gasteiger partial charge is 0.463 e. The molecule has 4 atom stereocenters. The van der Waals surface area contributed by atoms with Crippen LogP contribution in [0.2, 0.25) is 0 Å². The highest BCUT2D eigenvalue weighted by Crippen LogP contribution is 2.27. The lowest BCUT2D eigenvalue weighted by molar-refractivity contribution is -0.144. The fourth-order valence-corrected chi connectivity index (χ4v) is 7.99. The average molecular weight is 1470 g/mol. The van der Waals surface area contributed by atoms with Gasteiger partial charge in [0.05, 0.1) is 79.4 Å². The molecular formula is C55H59F5I3N5O13. The molecule has 5 aliphatic rings. The van der Waals surface area contributed by atoms with Gasteiger partial charge in [0.1, 0.15) is 60.1 Å². The van der Waals surface area contributed by atoms with Crippen LogP contribution >= 0.6 is 68.0 Å². The zero-order valence-electron chi connectivity index (χ0n) is 44.0. The van der Waals surface area contributed by atoms with Crippen LogP contribution in [-0.2, 0) is 38.1 Å². The summed E-state index contributed by atoms with van der Waals surface area (Å²) in [5.74, 6) is -1.81. The van der Waals surface area contributed by atoms with Crippen molar-refractivity contribution in [3.8, 4) is 0 Å². The fraction of sp³-hybridized carbons (Fsp3) is 0.345. The molecule has 10 rings (SSSR count). The second-order valence-corrected chi connectivity index (χ2v) is 20.9. The molecule has 5 aromatic carbocycles. The number of nitrogens with zero attached hydrogens (tertiary/aromatic N) is 4. The minimum Gasteiger partial charge on any atom is -0.463 e. The summed E-state index contributed by atoms with van der Waals surface area (Å²) in [5.41, 5.74) is 8.08. The Labute approximate surface area is 505 Å². The highest BCUT2D eigenvalue weighted by molar-refractivity contribution is 14.1. The second-order valence-electron chi connectivity index (χ2n) is 17.6. The lowest BCUT2D eigenvalue weighted by Crippen LogP contribution is -2.25. The molecule has 5 aliphatic heterocycles. The minimum atomic E-state index is -0.556. The molecule has 18 nitrogen and oxygen atoms in total. The van der Waals surface area contributed by atoms with Crippen LogP contribution in [0.4, 0.5) is 59.1 Å². The number of esters is 1. The Morgan fingerprint density at radius 1 is 0.617 bits per heavy atom. The van der Waals surface area contributed by atoms with Crippen molar-refractivity contribution < 1.29 is 84.6 Å². The number of nitrogens with two attached hydrogens (primary N) is 1. The van der Waals surface area contributed by atoms with Crippen molar-refractivity contribution >= 4 is 127 Å². The first-order chi connectivity index (χ1) is 38.5. The lowest BCUT2D eigenvalue weighted by atomic mass is 10.2. The third-order valence-electron chi connectivity index (χ3n) is 11.1. The smallest absolute Gasteiger partial charge is 0.414 e. The van der Waals surface area contributed by atoms with E-state index in [0.717, 1.165) is 28.1 Å². The monoisotopic (exact) mass is 1470 g/mol. The topological polar surface area (TPSA) is 231 Å². The average Bonchev–Trinajstić information content (AvgIpc) is 3.76. The van der Waals surface area contributed by atoms with Crippen molar-refractivity contribution in [2.24, 2.45) is 0 Å². The Morgan fingerprint density at radius 3 is 1.37 bits per heavy atom. The number of nitrogen functional groups attached to an aromatic ring is 1. The van der Waals surface area contributed by atoms with Crippen LogP contribution in [0, 0.1) is 43.2 Å². The first-order valence-electron chi connectivity index (χ1n) is 24.9. The molecule has 0 aromatic heterocycles. The summed E-state index contributed by atoms with van der Waals surface area (Å²) in [7, 11) is 0. The number of carbonyl (C=O) groups excluding carboxylic acids is 6. The van der Waals surface area contributed by atoms with Crippen molar-refractivity contribution in [3.05, 3.63) is 151 Å². The van der Waals surface area contributed by atoms with Gasteiger partial charge in [-0.25, -0.2) is 39.4 Å². The van der Waals surface area contributed by atoms with E-state index in [9.17, 15) is 50.7 Å². The summed E-state index contributed by atoms with van der Waals surface area (Å²) in [4.78, 5) is 70.0. The van der Waals surface area contributed by atoms with E-state index >= 15 is 0 Å². The second kappa shape index (κ2) is 34.5. The number of amides is 5. The fourth-order valence-electron chi connectivity index (χ4n) is 6.84. The molecule has 26 heteroatoms. The zero-order valence-corrected chi connectivity index (χ0v) is 50.4. The maximum absolute atomic E-state index is 13.4. The molecule has 0 unspecified atom stereocenters. The number of hydrogen-bond donors (Lipinski definition) is 3. The molecule has 0 radical (unpaired) electrons. The van der Waals surface area contributed by atoms with E-state index in [-0.39, 0.29) is 79.6 Å². The molecule has 5 heterocycles. The number of anilines is 4. The van der Waals surface area contributed by atoms with Crippen molar-refractivity contribution in [2.45, 2.75) is 77.3 Å². The molecule has 5 aromatic rings. The predicted molar refractivity (Wildman–Crippen MR) is 315 cm³/mol. The zero-order chi connectivity index (χ0) is 59.8. The van der Waals surface area contributed by atoms with Gasteiger partial charge in [0.15, 0.2) is 0 Å². The summed E-state index contributed by atoms with van der Waals surface area (Å²) >= 11 is 5.50. The number of imide groups is 1. The van der Waals surface area contributed by atoms with Crippen LogP contribution in [0.5, 0.6) is 0 Å². The maximum atomic E-state index is 13.4. The van der Waals surface area contributed by atoms with E-state index in [1.165, 1.54) is 69.3 Å². The Hall–Kier alpha value is -5.96. The van der Waals surface area contributed by atoms with Gasteiger partial charge in [0, 0.05) is 32.1 Å². The molecular weight excluding hydrogens is 1410 g/mol. The summed E-state index contributed by atoms with van der Waals surface area (Å²) < 4.78 is 90.5. The van der Waals surface area contributed by atoms with Crippen LogP contribution in [-0.4, -0.2) is 120 Å². The predicted octanol–water partition coefficient (Wildman–Crippen LogP) is 10.8. The number of aryl methyl sites for hydroxylation is 1. The van der Waals surface area contributed by atoms with Crippen LogP contribution in [0.15, 0.2) is 109 Å². The van der Waals surface area contributed by atoms with Crippen LogP contribution < -0.4 is 20.4 Å². The third kappa shape index (κ3) is 23.4. The van der Waals surface area contributed by atoms with Crippen LogP contribution in [0.25, 0.3) is 0 Å². The standard InChI is InChI=1S/C11H11FINO2.C10H9FINO3.C10H10FNO3.C7H7F.C7H12O3.C6H6FN.C4H4INO2/c1-2-8-6-14(11(15)16-8)7-3-4-10(13)9(12)5-7;11-8-3-6(1-2-9(8)12)13-4-7(5-14)16-10(13)15;11-7-2-1-3-8(4-7)12-5-9(6-13)15-10(12)14;1-6-3-2-4-7(8)5-6;1-2-3-7(8)10-5-6-4-9-6;7-5-2-1-3-6(8)4-5;5-6-3(7)1-2-4(6)8/h3-5,8H,2,6H2,1H3;1-3,7,14H,4-5H2;1-4,9,13H,5-6H2;2-5H,1H3;6H,2-5H2,1H3;1-4H,8H2;1-2H2/t8-;7-;9-;;6-;;/m011.1../s1. The first kappa shape index (κ1) is 67.5. The van der Waals surface area contributed by atoms with E-state index in [2.05, 4.69) is 0 Å². The normalized spacial score (nSPS) is 18.3. The number of carbonyl (C=O) groups is 6. The molecule has 5 amide bonds. The van der Waals surface area contributed by atoms with Crippen LogP contribution in [0.1, 0.15) is 51.5 Å². The Bertz CT molecular complexity index is 2740. The van der Waals surface area contributed by atoms with Gasteiger partial charge in [0.25, 0.3) is 0 Å². The van der Waals surface area contributed by atoms with Gasteiger partial charge < -0.3 is 39.6 Å². The number of cyclic esters (lactones) is 3. The summed E-state index contributed by atoms with van der Waals surface area (Å²) in [5, 5.41) is 17.7. The van der Waals surface area contributed by atoms with Gasteiger partial charge in [-0.1, -0.05) is 38.1 Å². The van der Waals surface area contributed by atoms with E-state index < -0.39 is 36.3 Å². The molecule has 0 aliphatic carbocycles. The lowest BCUT2D eigenvalue weighted by Gasteiger charge is -2.13. The van der Waals surface area contributed by atoms with Crippen molar-refractivity contribution in [1.29, 1.82) is 0 Å². The highest BCUT2D eigenvalue weighted by Gasteiger charge is 2.34. The molecule has 4 N–H and O–H groups in total. The van der Waals surface area contributed by atoms with Gasteiger partial charge in [-0.2, -0.15) is 0 Å². The van der Waals surface area contributed by atoms with Crippen molar-refractivity contribution in [1.82, 2.24) is 3.11 Å². The molecule has 0 spiro atoms. The van der Waals surface area contributed by atoms with Crippen molar-refractivity contribution in [3.63, 3.8) is 0 Å². The maximum Gasteiger partial charge on any atom is 0.414 e. The van der Waals surface area contributed by atoms with Gasteiger partial charge >= 0.3 is 24.2 Å². The highest BCUT2D eigenvalue weighted by atomic mass is 127. The van der Waals surface area contributed by atoms with Gasteiger partial charge in [-0.3, -0.25) is 29.1 Å². The quantitative estimate of drug-likeness (QED) is 0.0173. The Balaban J connectivity index is 0.000000207. The van der Waals surface area contributed by atoms with Gasteiger partial charge in [-0.05, 0) is 155 Å². The minimum absolute atomic E-state index is 0.0735. The molecule has 0 saturated carbocycles. The number of epoxide rings is 1. The van der Waals surface area contributed by atoms with Gasteiger partial charge in [-0.15, -0.1) is 0 Å². The first-order valence-corrected chi connectivity index (χ1v) is 28.0. The Morgan fingerprint density at radius 2 is 1.05 bits per heavy atom. The molecule has 5 fully saturated rings. The molecule has 5 saturated heterocycles. The number of aliphatic hydroxyl groups excluding tert-OH is 2. The van der Waals surface area contributed by atoms with E-state index in [1.807, 2.05) is 72.0 Å². The SMILES string of the molecule is CCCC(=O)OC[C@H]1CO1.CC[C@H]1CN(c2ccc(I)c(F)c2)C(=O)O1.Cc1cccc(F)c1.Nc1cccc(F)c1.O=C1CCC(=O)N1I.O=C1O[C@@H](CO)CN1c1ccc(I)c(F)c1.O=C1O[C@@H](CO)CN1c1cccc(F)c1. The molecule has 438 valence electrons. The number of rotatable bonds is 10. The number of aliphatic hydroxyl groups is 2. The number of hydrogen-bond acceptors (Lipinski definition) is 14. The van der Waals surface area contributed by atoms with Crippen molar-refractivity contribution in [2.75, 3.05) is 66.5 Å². The molecule has 0 bridgehead atoms. The van der Waals surface area contributed by atoms with E-state index in [4.69, 9.17) is 39.6 Å². The van der Waals surface area contributed by atoms with Gasteiger partial charge in [0.2, 0.25) is 11.8 Å². The Kier molecular flexibility index (Phi) is 28.7. The summed E-state index contributed by atoms with van der Waals surface area (Å²) in [6, 6.07) is 27.3. The summed E-state index contributed by atoms with van der Waals surface area (Å²) in [6.07, 6.45) is 0.466. The molecule has 81 heavy (non-hydrogen) atoms. The number of benzene rings is 5. The number of halogens is 8. The van der Waals surface area contributed by atoms with Crippen LogP contribution in [0.3, 0.4) is 0 Å². The van der Waals surface area contributed by atoms with E-state index in [1.54, 1.807) is 71.4 Å². The van der Waals surface area contributed by atoms with E-state index in [0.29, 0.717) is 62.3 Å².